The molecule has 1 unspecified atom stereocenters. The van der Waals surface area contributed by atoms with E-state index in [-0.39, 0.29) is 24.1 Å². The maximum Gasteiger partial charge on any atom is 0.257 e. The van der Waals surface area contributed by atoms with Crippen LogP contribution in [-0.4, -0.2) is 45.8 Å². The minimum Gasteiger partial charge on any atom is -0.458 e. The molecule has 8 nitrogen and oxygen atoms in total. The van der Waals surface area contributed by atoms with Crippen molar-refractivity contribution in [3.8, 4) is 0 Å². The summed E-state index contributed by atoms with van der Waals surface area (Å²) in [6, 6.07) is 18.4. The number of hydrogen-bond donors (Lipinski definition) is 3. The predicted octanol–water partition coefficient (Wildman–Crippen LogP) is 4.94. The fourth-order valence-electron chi connectivity index (χ4n) is 4.63. The second-order valence-electron chi connectivity index (χ2n) is 9.78. The number of carbonyl (C=O) groups is 1. The van der Waals surface area contributed by atoms with Crippen molar-refractivity contribution in [1.82, 2.24) is 14.8 Å². The molecule has 0 fully saturated rings. The summed E-state index contributed by atoms with van der Waals surface area (Å²) in [6.07, 6.45) is 1.25. The summed E-state index contributed by atoms with van der Waals surface area (Å²) in [5.74, 6) is 0.0424. The number of fused-ring (bicyclic) bond motifs is 2. The van der Waals surface area contributed by atoms with Crippen molar-refractivity contribution in [3.05, 3.63) is 104 Å². The molecular formula is C30H30ClN3O5S. The van der Waals surface area contributed by atoms with Crippen LogP contribution in [0.3, 0.4) is 0 Å². The van der Waals surface area contributed by atoms with E-state index < -0.39 is 12.0 Å². The van der Waals surface area contributed by atoms with Crippen LogP contribution in [0.25, 0.3) is 21.2 Å². The van der Waals surface area contributed by atoms with Gasteiger partial charge in [0.15, 0.2) is 0 Å². The number of pyridine rings is 1. The van der Waals surface area contributed by atoms with E-state index >= 15 is 0 Å². The fraction of sp³-hybridized carbons (Fsp3) is 0.267. The molecule has 0 saturated heterocycles. The van der Waals surface area contributed by atoms with Crippen LogP contribution in [0.15, 0.2) is 76.1 Å². The molecule has 5 aromatic rings. The number of nitrogens with zero attached hydrogens (tertiary/aromatic N) is 2. The first-order valence-electron chi connectivity index (χ1n) is 13.0. The molecule has 40 heavy (non-hydrogen) atoms. The minimum atomic E-state index is -0.813. The van der Waals surface area contributed by atoms with Gasteiger partial charge in [-0.25, -0.2) is 0 Å². The molecule has 0 aliphatic rings. The van der Waals surface area contributed by atoms with E-state index in [0.717, 1.165) is 26.2 Å². The number of aliphatic hydroxyl groups excluding tert-OH is 2. The molecule has 208 valence electrons. The van der Waals surface area contributed by atoms with E-state index in [9.17, 15) is 19.8 Å². The number of benzene rings is 2. The first-order valence-corrected chi connectivity index (χ1v) is 14.2. The number of aliphatic hydroxyl groups is 2. The Hall–Kier alpha value is -3.47. The van der Waals surface area contributed by atoms with E-state index in [1.54, 1.807) is 18.3 Å². The zero-order valence-corrected chi connectivity index (χ0v) is 23.5. The van der Waals surface area contributed by atoms with E-state index in [1.165, 1.54) is 11.3 Å². The standard InChI is InChI=1S/C30H30ClN3O5S/c1-33(18-25(36)27-13-20-5-2-3-6-26(20)39-27)16-22-14-23-28(37)24(17-34(11-4-12-35)30(23)40-22)29(38)32-15-19-7-9-21(31)10-8-19/h2-3,5-10,13-14,17,25,35-36H,4,11-12,15-16,18H2,1H3,(H,32,38). The highest BCUT2D eigenvalue weighted by Crippen LogP contribution is 2.28. The smallest absolute Gasteiger partial charge is 0.257 e. The molecule has 1 atom stereocenters. The number of aryl methyl sites for hydroxylation is 1. The number of para-hydroxylation sites is 1. The van der Waals surface area contributed by atoms with Crippen LogP contribution in [0, 0.1) is 0 Å². The summed E-state index contributed by atoms with van der Waals surface area (Å²) >= 11 is 7.41. The first-order chi connectivity index (χ1) is 19.3. The quantitative estimate of drug-likeness (QED) is 0.205. The Labute approximate surface area is 240 Å². The average molecular weight is 580 g/mol. The fourth-order valence-corrected chi connectivity index (χ4v) is 5.99. The number of amides is 1. The summed E-state index contributed by atoms with van der Waals surface area (Å²) < 4.78 is 7.67. The van der Waals surface area contributed by atoms with Crippen LogP contribution < -0.4 is 10.7 Å². The monoisotopic (exact) mass is 579 g/mol. The number of carbonyl (C=O) groups excluding carboxylic acids is 1. The van der Waals surface area contributed by atoms with Gasteiger partial charge in [-0.1, -0.05) is 41.9 Å². The van der Waals surface area contributed by atoms with Crippen molar-refractivity contribution in [2.45, 2.75) is 32.2 Å². The lowest BCUT2D eigenvalue weighted by molar-refractivity contribution is 0.0949. The molecular weight excluding hydrogens is 550 g/mol. The molecule has 3 heterocycles. The first kappa shape index (κ1) is 28.1. The Morgan fingerprint density at radius 2 is 1.95 bits per heavy atom. The summed E-state index contributed by atoms with van der Waals surface area (Å²) in [5, 5.41) is 25.0. The highest BCUT2D eigenvalue weighted by atomic mass is 35.5. The Morgan fingerprint density at radius 1 is 1.18 bits per heavy atom. The van der Waals surface area contributed by atoms with Crippen molar-refractivity contribution in [2.24, 2.45) is 0 Å². The zero-order valence-electron chi connectivity index (χ0n) is 22.0. The van der Waals surface area contributed by atoms with Crippen LogP contribution in [-0.2, 0) is 19.6 Å². The third-order valence-corrected chi connectivity index (χ3v) is 8.06. The minimum absolute atomic E-state index is 0.00757. The lowest BCUT2D eigenvalue weighted by Crippen LogP contribution is -2.29. The van der Waals surface area contributed by atoms with Crippen molar-refractivity contribution >= 4 is 50.0 Å². The van der Waals surface area contributed by atoms with Gasteiger partial charge in [0, 0.05) is 54.3 Å². The number of halogens is 1. The number of furan rings is 1. The molecule has 3 N–H and O–H groups in total. The van der Waals surface area contributed by atoms with Crippen molar-refractivity contribution < 1.29 is 19.4 Å². The van der Waals surface area contributed by atoms with Crippen molar-refractivity contribution in [3.63, 3.8) is 0 Å². The highest BCUT2D eigenvalue weighted by Gasteiger charge is 2.20. The van der Waals surface area contributed by atoms with Gasteiger partial charge in [0.2, 0.25) is 5.43 Å². The zero-order chi connectivity index (χ0) is 28.2. The van der Waals surface area contributed by atoms with E-state index in [4.69, 9.17) is 16.0 Å². The molecule has 1 amide bonds. The second kappa shape index (κ2) is 12.4. The molecule has 0 saturated carbocycles. The van der Waals surface area contributed by atoms with Crippen LogP contribution in [0.1, 0.15) is 39.1 Å². The van der Waals surface area contributed by atoms with Gasteiger partial charge in [-0.15, -0.1) is 11.3 Å². The van der Waals surface area contributed by atoms with E-state index in [1.807, 2.05) is 65.0 Å². The van der Waals surface area contributed by atoms with Crippen LogP contribution in [0.2, 0.25) is 5.02 Å². The number of rotatable bonds is 11. The van der Waals surface area contributed by atoms with Crippen LogP contribution in [0.5, 0.6) is 0 Å². The average Bonchev–Trinajstić information content (AvgIpc) is 3.57. The molecule has 3 aromatic heterocycles. The predicted molar refractivity (Wildman–Crippen MR) is 158 cm³/mol. The Kier molecular flexibility index (Phi) is 8.68. The normalized spacial score (nSPS) is 12.4. The van der Waals surface area contributed by atoms with Crippen molar-refractivity contribution in [1.29, 1.82) is 0 Å². The van der Waals surface area contributed by atoms with E-state index in [0.29, 0.717) is 42.2 Å². The topological polar surface area (TPSA) is 108 Å². The Balaban J connectivity index is 1.34. The number of likely N-dealkylation sites (N-methyl/N-ethyl adjacent to an activating group) is 1. The number of thiophene rings is 1. The summed E-state index contributed by atoms with van der Waals surface area (Å²) in [5.41, 5.74) is 1.31. The third kappa shape index (κ3) is 6.29. The number of aromatic nitrogens is 1. The Bertz CT molecular complexity index is 1660. The van der Waals surface area contributed by atoms with E-state index in [2.05, 4.69) is 5.32 Å². The lowest BCUT2D eigenvalue weighted by Gasteiger charge is -2.18. The molecule has 2 aromatic carbocycles. The molecule has 0 aliphatic carbocycles. The van der Waals surface area contributed by atoms with Crippen molar-refractivity contribution in [2.75, 3.05) is 20.2 Å². The van der Waals surface area contributed by atoms with Gasteiger partial charge >= 0.3 is 0 Å². The summed E-state index contributed by atoms with van der Waals surface area (Å²) in [4.78, 5) is 30.1. The summed E-state index contributed by atoms with van der Waals surface area (Å²) in [7, 11) is 1.89. The molecule has 0 bridgehead atoms. The third-order valence-electron chi connectivity index (χ3n) is 6.65. The molecule has 5 rings (SSSR count). The van der Waals surface area contributed by atoms with Gasteiger partial charge in [0.1, 0.15) is 27.8 Å². The maximum atomic E-state index is 13.4. The Morgan fingerprint density at radius 3 is 2.70 bits per heavy atom. The van der Waals surface area contributed by atoms with Crippen LogP contribution >= 0.6 is 22.9 Å². The molecule has 0 spiro atoms. The van der Waals surface area contributed by atoms with Gasteiger partial charge in [0.05, 0.1) is 5.39 Å². The lowest BCUT2D eigenvalue weighted by atomic mass is 10.1. The molecule has 0 radical (unpaired) electrons. The van der Waals surface area contributed by atoms with Gasteiger partial charge < -0.3 is 24.5 Å². The molecule has 10 heteroatoms. The maximum absolute atomic E-state index is 13.4. The van der Waals surface area contributed by atoms with Gasteiger partial charge in [-0.2, -0.15) is 0 Å². The highest BCUT2D eigenvalue weighted by molar-refractivity contribution is 7.18. The largest absolute Gasteiger partial charge is 0.458 e. The number of nitrogens with one attached hydrogen (secondary N) is 1. The molecule has 0 aliphatic heterocycles. The second-order valence-corrected chi connectivity index (χ2v) is 11.3. The van der Waals surface area contributed by atoms with Gasteiger partial charge in [-0.3, -0.25) is 14.5 Å². The SMILES string of the molecule is CN(Cc1cc2c(=O)c(C(=O)NCc3ccc(Cl)cc3)cn(CCCO)c2s1)CC(O)c1cc2ccccc2o1. The number of hydrogen-bond acceptors (Lipinski definition) is 7. The van der Waals surface area contributed by atoms with Gasteiger partial charge in [0.25, 0.3) is 5.91 Å². The van der Waals surface area contributed by atoms with Gasteiger partial charge in [-0.05, 0) is 49.4 Å². The summed E-state index contributed by atoms with van der Waals surface area (Å²) in [6.45, 7) is 1.55. The van der Waals surface area contributed by atoms with Crippen LogP contribution in [0.4, 0.5) is 0 Å².